The maximum Gasteiger partial charge on any atom is 0.195 e. The fourth-order valence-electron chi connectivity index (χ4n) is 7.10. The van der Waals surface area contributed by atoms with Crippen molar-refractivity contribution >= 4 is 72.1 Å². The average Bonchev–Trinajstić information content (AvgIpc) is 3.00. The Morgan fingerprint density at radius 1 is 0.564 bits per heavy atom. The third kappa shape index (κ3) is 9.63. The van der Waals surface area contributed by atoms with Crippen LogP contribution in [0.15, 0.2) is 15.0 Å². The summed E-state index contributed by atoms with van der Waals surface area (Å²) in [7, 11) is 0. The number of rotatable bonds is 11. The Morgan fingerprint density at radius 3 is 1.41 bits per heavy atom. The molecule has 0 aromatic carbocycles. The first-order valence-corrected chi connectivity index (χ1v) is 16.6. The van der Waals surface area contributed by atoms with Gasteiger partial charge in [-0.15, -0.1) is 0 Å². The van der Waals surface area contributed by atoms with E-state index in [0.717, 1.165) is 32.4 Å². The Hall–Kier alpha value is -1.32. The van der Waals surface area contributed by atoms with E-state index in [-0.39, 0.29) is 6.04 Å². The van der Waals surface area contributed by atoms with Gasteiger partial charge < -0.3 is 14.7 Å². The largest absolute Gasteiger partial charge is 0.344 e. The number of hydrogen-bond donors (Lipinski definition) is 0. The van der Waals surface area contributed by atoms with Crippen molar-refractivity contribution in [3.8, 4) is 0 Å². The minimum atomic E-state index is 0.267. The predicted octanol–water partition coefficient (Wildman–Crippen LogP) is 7.39. The SMILES string of the molecule is C=NC(=S)N(CCCC(CCN(C(=S)N=C)C1CCCCC1)N(C(=S)N=C)C1CCCCC1)C1CCCCC1. The maximum absolute atomic E-state index is 5.85. The van der Waals surface area contributed by atoms with Crippen LogP contribution in [0.5, 0.6) is 0 Å². The molecule has 39 heavy (non-hydrogen) atoms. The number of thiocarbonyl (C=S) groups is 3. The van der Waals surface area contributed by atoms with Gasteiger partial charge in [-0.1, -0.05) is 57.8 Å². The monoisotopic (exact) mass is 590 g/mol. The Bertz CT molecular complexity index is 831. The zero-order chi connectivity index (χ0) is 28.0. The van der Waals surface area contributed by atoms with Gasteiger partial charge >= 0.3 is 0 Å². The average molecular weight is 591 g/mol. The highest BCUT2D eigenvalue weighted by atomic mass is 32.1. The molecule has 3 saturated carbocycles. The predicted molar refractivity (Wildman–Crippen MR) is 180 cm³/mol. The lowest BCUT2D eigenvalue weighted by molar-refractivity contribution is 0.152. The highest BCUT2D eigenvalue weighted by Crippen LogP contribution is 2.30. The van der Waals surface area contributed by atoms with Gasteiger partial charge in [0.05, 0.1) is 0 Å². The van der Waals surface area contributed by atoms with Gasteiger partial charge in [-0.05, 0) is 115 Å². The summed E-state index contributed by atoms with van der Waals surface area (Å²) in [5, 5.41) is 1.94. The van der Waals surface area contributed by atoms with E-state index >= 15 is 0 Å². The molecular weight excluding hydrogens is 541 g/mol. The van der Waals surface area contributed by atoms with Crippen molar-refractivity contribution in [2.24, 2.45) is 15.0 Å². The maximum atomic E-state index is 5.85. The van der Waals surface area contributed by atoms with Gasteiger partial charge in [0.2, 0.25) is 0 Å². The van der Waals surface area contributed by atoms with Crippen molar-refractivity contribution in [3.05, 3.63) is 0 Å². The molecule has 6 nitrogen and oxygen atoms in total. The number of nitrogens with zero attached hydrogens (tertiary/aromatic N) is 6. The summed E-state index contributed by atoms with van der Waals surface area (Å²) < 4.78 is 0. The lowest BCUT2D eigenvalue weighted by atomic mass is 9.91. The fraction of sp³-hybridized carbons (Fsp3) is 0.800. The van der Waals surface area contributed by atoms with E-state index in [0.29, 0.717) is 33.5 Å². The van der Waals surface area contributed by atoms with Crippen LogP contribution < -0.4 is 0 Å². The second kappa shape index (κ2) is 17.5. The third-order valence-electron chi connectivity index (χ3n) is 9.15. The first-order valence-electron chi connectivity index (χ1n) is 15.3. The van der Waals surface area contributed by atoms with Crippen LogP contribution in [-0.4, -0.2) is 87.4 Å². The Morgan fingerprint density at radius 2 is 0.974 bits per heavy atom. The van der Waals surface area contributed by atoms with E-state index in [2.05, 4.69) is 49.8 Å². The van der Waals surface area contributed by atoms with Crippen LogP contribution in [0.4, 0.5) is 0 Å². The van der Waals surface area contributed by atoms with Crippen molar-refractivity contribution in [1.82, 2.24) is 14.7 Å². The molecule has 0 amide bonds. The summed E-state index contributed by atoms with van der Waals surface area (Å²) in [5.74, 6) is 0. The van der Waals surface area contributed by atoms with Gasteiger partial charge in [0.1, 0.15) is 0 Å². The van der Waals surface area contributed by atoms with E-state index in [9.17, 15) is 0 Å². The van der Waals surface area contributed by atoms with Crippen LogP contribution >= 0.6 is 36.7 Å². The molecular formula is C30H50N6S3. The van der Waals surface area contributed by atoms with Crippen LogP contribution in [0, 0.1) is 0 Å². The summed E-state index contributed by atoms with van der Waals surface area (Å²) in [5.41, 5.74) is 0. The quantitative estimate of drug-likeness (QED) is 0.185. The standard InChI is InChI=1S/C30H50N6S3/c1-31-28(37)34(24-14-7-4-8-15-24)22-13-20-27(36(30(39)33-3)26-18-11-6-12-19-26)21-23-35(29(38)32-2)25-16-9-5-10-17-25/h24-27H,1-23H2. The van der Waals surface area contributed by atoms with Gasteiger partial charge in [-0.25, -0.2) is 15.0 Å². The Kier molecular flexibility index (Phi) is 14.4. The second-order valence-corrected chi connectivity index (χ2v) is 12.7. The van der Waals surface area contributed by atoms with E-state index in [1.807, 2.05) is 0 Å². The van der Waals surface area contributed by atoms with Gasteiger partial charge in [-0.3, -0.25) is 0 Å². The van der Waals surface area contributed by atoms with Gasteiger partial charge in [0, 0.05) is 37.3 Å². The number of aliphatic imine (C=N–C) groups is 3. The lowest BCUT2D eigenvalue weighted by Gasteiger charge is -2.43. The van der Waals surface area contributed by atoms with E-state index in [1.54, 1.807) is 0 Å². The molecule has 0 N–H and O–H groups in total. The Labute approximate surface area is 253 Å². The fourth-order valence-corrected chi connectivity index (χ4v) is 7.87. The summed E-state index contributed by atoms with van der Waals surface area (Å²) >= 11 is 17.2. The molecule has 0 radical (unpaired) electrons. The first-order chi connectivity index (χ1) is 19.0. The summed E-state index contributed by atoms with van der Waals surface area (Å²) in [6.45, 7) is 13.1. The molecule has 3 aliphatic carbocycles. The van der Waals surface area contributed by atoms with E-state index in [1.165, 1.54) is 96.3 Å². The van der Waals surface area contributed by atoms with Gasteiger partial charge in [-0.2, -0.15) is 0 Å². The molecule has 9 heteroatoms. The van der Waals surface area contributed by atoms with E-state index < -0.39 is 0 Å². The minimum Gasteiger partial charge on any atom is -0.344 e. The highest BCUT2D eigenvalue weighted by molar-refractivity contribution is 7.80. The second-order valence-electron chi connectivity index (χ2n) is 11.6. The molecule has 3 rings (SSSR count). The molecule has 0 spiro atoms. The summed E-state index contributed by atoms with van der Waals surface area (Å²) in [6, 6.07) is 1.64. The zero-order valence-electron chi connectivity index (χ0n) is 24.0. The van der Waals surface area contributed by atoms with Crippen molar-refractivity contribution in [2.45, 2.75) is 140 Å². The molecule has 0 aromatic rings. The normalized spacial score (nSPS) is 20.0. The number of hydrogen-bond acceptors (Lipinski definition) is 3. The van der Waals surface area contributed by atoms with Crippen LogP contribution in [0.25, 0.3) is 0 Å². The molecule has 0 bridgehead atoms. The van der Waals surface area contributed by atoms with Crippen molar-refractivity contribution in [1.29, 1.82) is 0 Å². The molecule has 1 atom stereocenters. The first kappa shape index (κ1) is 32.2. The molecule has 3 aliphatic rings. The van der Waals surface area contributed by atoms with Crippen molar-refractivity contribution in [2.75, 3.05) is 13.1 Å². The molecule has 0 aliphatic heterocycles. The Balaban J connectivity index is 1.77. The van der Waals surface area contributed by atoms with Crippen LogP contribution in [0.1, 0.15) is 116 Å². The summed E-state index contributed by atoms with van der Waals surface area (Å²) in [6.07, 6.45) is 21.6. The van der Waals surface area contributed by atoms with Crippen molar-refractivity contribution < 1.29 is 0 Å². The molecule has 0 aromatic heterocycles. The van der Waals surface area contributed by atoms with Gasteiger partial charge in [0.15, 0.2) is 15.3 Å². The van der Waals surface area contributed by atoms with Crippen LogP contribution in [0.3, 0.4) is 0 Å². The summed E-state index contributed by atoms with van der Waals surface area (Å²) in [4.78, 5) is 19.8. The highest BCUT2D eigenvalue weighted by Gasteiger charge is 2.32. The zero-order valence-corrected chi connectivity index (χ0v) is 26.4. The molecule has 0 heterocycles. The van der Waals surface area contributed by atoms with E-state index in [4.69, 9.17) is 36.7 Å². The molecule has 0 saturated heterocycles. The lowest BCUT2D eigenvalue weighted by Crippen LogP contribution is -2.49. The smallest absolute Gasteiger partial charge is 0.195 e. The van der Waals surface area contributed by atoms with Gasteiger partial charge in [0.25, 0.3) is 0 Å². The molecule has 218 valence electrons. The molecule has 3 fully saturated rings. The van der Waals surface area contributed by atoms with Crippen molar-refractivity contribution in [3.63, 3.8) is 0 Å². The van der Waals surface area contributed by atoms with Crippen LogP contribution in [-0.2, 0) is 0 Å². The minimum absolute atomic E-state index is 0.267. The third-order valence-corrected chi connectivity index (χ3v) is 10.2. The topological polar surface area (TPSA) is 46.8 Å². The van der Waals surface area contributed by atoms with Crippen LogP contribution in [0.2, 0.25) is 0 Å². The molecule has 1 unspecified atom stereocenters.